The summed E-state index contributed by atoms with van der Waals surface area (Å²) >= 11 is 5.10. The van der Waals surface area contributed by atoms with Gasteiger partial charge in [0.2, 0.25) is 0 Å². The number of thiocarbonyl (C=S) groups is 1. The largest absolute Gasteiger partial charge is 0.484 e. The molecule has 0 bridgehead atoms. The number of hydrogen-bond donors (Lipinski definition) is 2. The molecule has 0 aliphatic rings. The second kappa shape index (κ2) is 8.65. The van der Waals surface area contributed by atoms with Gasteiger partial charge >= 0.3 is 6.18 Å². The second-order valence-electron chi connectivity index (χ2n) is 5.59. The van der Waals surface area contributed by atoms with E-state index < -0.39 is 23.4 Å². The number of benzene rings is 2. The van der Waals surface area contributed by atoms with Crippen LogP contribution in [0.2, 0.25) is 0 Å². The van der Waals surface area contributed by atoms with Crippen LogP contribution >= 0.6 is 12.2 Å². The average molecular weight is 413 g/mol. The van der Waals surface area contributed by atoms with E-state index in [4.69, 9.17) is 12.2 Å². The topological polar surface area (TPSA) is 93.5 Å². The Morgan fingerprint density at radius 2 is 1.75 bits per heavy atom. The van der Waals surface area contributed by atoms with Crippen LogP contribution in [0, 0.1) is 10.1 Å². The van der Waals surface area contributed by atoms with Crippen molar-refractivity contribution in [2.75, 3.05) is 17.2 Å². The molecule has 0 saturated carbocycles. The third-order valence-electron chi connectivity index (χ3n) is 3.31. The van der Waals surface area contributed by atoms with Crippen molar-refractivity contribution in [3.8, 4) is 5.75 Å². The molecule has 2 N–H and O–H groups in total. The number of nitrogens with one attached hydrogen (secondary N) is 2. The summed E-state index contributed by atoms with van der Waals surface area (Å²) < 4.78 is 41.5. The molecule has 0 spiro atoms. The van der Waals surface area contributed by atoms with Crippen molar-refractivity contribution < 1.29 is 27.6 Å². The number of rotatable bonds is 6. The smallest absolute Gasteiger partial charge is 0.422 e. The van der Waals surface area contributed by atoms with Crippen LogP contribution in [0.4, 0.5) is 30.2 Å². The van der Waals surface area contributed by atoms with Gasteiger partial charge in [-0.05, 0) is 43.4 Å². The molecule has 0 saturated heterocycles. The van der Waals surface area contributed by atoms with E-state index in [9.17, 15) is 28.1 Å². The standard InChI is InChI=1S/C17H14F3N3O4S/c1-10(24)11-2-4-12(5-3-11)21-16(28)22-13-6-14(23(25)26)8-15(7-13)27-9-17(18,19)20/h2-8H,9H2,1H3,(H2,21,22,28). The van der Waals surface area contributed by atoms with Crippen LogP contribution in [0.1, 0.15) is 17.3 Å². The lowest BCUT2D eigenvalue weighted by atomic mass is 10.1. The van der Waals surface area contributed by atoms with Gasteiger partial charge in [0.05, 0.1) is 16.7 Å². The molecule has 7 nitrogen and oxygen atoms in total. The molecule has 0 heterocycles. The number of ketones is 1. The highest BCUT2D eigenvalue weighted by atomic mass is 32.1. The summed E-state index contributed by atoms with van der Waals surface area (Å²) in [6.07, 6.45) is -4.58. The Bertz CT molecular complexity index is 902. The Hall–Kier alpha value is -3.21. The number of alkyl halides is 3. The number of halogens is 3. The highest BCUT2D eigenvalue weighted by Gasteiger charge is 2.28. The molecular weight excluding hydrogens is 399 g/mol. The third kappa shape index (κ3) is 6.50. The molecule has 0 amide bonds. The van der Waals surface area contributed by atoms with E-state index in [0.29, 0.717) is 11.3 Å². The maximum atomic E-state index is 12.3. The van der Waals surface area contributed by atoms with Crippen LogP contribution in [-0.4, -0.2) is 28.6 Å². The van der Waals surface area contributed by atoms with Gasteiger partial charge in [0.25, 0.3) is 5.69 Å². The van der Waals surface area contributed by atoms with Gasteiger partial charge in [0, 0.05) is 23.4 Å². The normalized spacial score (nSPS) is 10.9. The Labute approximate surface area is 162 Å². The zero-order valence-corrected chi connectivity index (χ0v) is 15.2. The van der Waals surface area contributed by atoms with Crippen LogP contribution in [0.3, 0.4) is 0 Å². The van der Waals surface area contributed by atoms with E-state index in [2.05, 4.69) is 15.4 Å². The van der Waals surface area contributed by atoms with Crippen molar-refractivity contribution in [2.24, 2.45) is 0 Å². The number of nitrogens with zero attached hydrogens (tertiary/aromatic N) is 1. The van der Waals surface area contributed by atoms with Gasteiger partial charge in [-0.1, -0.05) is 0 Å². The molecule has 28 heavy (non-hydrogen) atoms. The molecule has 0 unspecified atom stereocenters. The molecule has 0 atom stereocenters. The van der Waals surface area contributed by atoms with Gasteiger partial charge < -0.3 is 15.4 Å². The number of Topliss-reactive ketones (excluding diaryl/α,β-unsaturated/α-hetero) is 1. The second-order valence-corrected chi connectivity index (χ2v) is 6.00. The van der Waals surface area contributed by atoms with Crippen LogP contribution in [0.15, 0.2) is 42.5 Å². The van der Waals surface area contributed by atoms with Crippen molar-refractivity contribution in [3.63, 3.8) is 0 Å². The van der Waals surface area contributed by atoms with Crippen molar-refractivity contribution in [3.05, 3.63) is 58.1 Å². The number of nitro benzene ring substituents is 1. The van der Waals surface area contributed by atoms with E-state index >= 15 is 0 Å². The number of hydrogen-bond acceptors (Lipinski definition) is 5. The maximum absolute atomic E-state index is 12.3. The molecule has 2 aromatic rings. The summed E-state index contributed by atoms with van der Waals surface area (Å²) in [6.45, 7) is -0.159. The molecule has 11 heteroatoms. The summed E-state index contributed by atoms with van der Waals surface area (Å²) in [5.74, 6) is -0.433. The molecule has 148 valence electrons. The van der Waals surface area contributed by atoms with E-state index in [1.165, 1.54) is 6.92 Å². The average Bonchev–Trinajstić information content (AvgIpc) is 2.59. The van der Waals surface area contributed by atoms with Gasteiger partial charge in [0.15, 0.2) is 17.5 Å². The first kappa shape index (κ1) is 21.1. The van der Waals surface area contributed by atoms with Crippen molar-refractivity contribution in [1.29, 1.82) is 0 Å². The molecule has 2 rings (SSSR count). The first-order valence-electron chi connectivity index (χ1n) is 7.71. The van der Waals surface area contributed by atoms with E-state index in [-0.39, 0.29) is 22.3 Å². The van der Waals surface area contributed by atoms with E-state index in [0.717, 1.165) is 18.2 Å². The predicted octanol–water partition coefficient (Wildman–Crippen LogP) is 4.55. The minimum atomic E-state index is -4.58. The van der Waals surface area contributed by atoms with Gasteiger partial charge in [-0.2, -0.15) is 13.2 Å². The van der Waals surface area contributed by atoms with Crippen molar-refractivity contribution in [2.45, 2.75) is 13.1 Å². The number of carbonyl (C=O) groups excluding carboxylic acids is 1. The zero-order valence-electron chi connectivity index (χ0n) is 14.4. The molecule has 2 aromatic carbocycles. The summed E-state index contributed by atoms with van der Waals surface area (Å²) in [5.41, 5.74) is 0.663. The lowest BCUT2D eigenvalue weighted by Crippen LogP contribution is -2.20. The number of nitro groups is 1. The Balaban J connectivity index is 2.12. The van der Waals surface area contributed by atoms with Gasteiger partial charge in [-0.3, -0.25) is 14.9 Å². The molecule has 0 aromatic heterocycles. The van der Waals surface area contributed by atoms with Crippen LogP contribution in [0.5, 0.6) is 5.75 Å². The Kier molecular flexibility index (Phi) is 6.52. The minimum absolute atomic E-state index is 0.0397. The predicted molar refractivity (Wildman–Crippen MR) is 101 cm³/mol. The monoisotopic (exact) mass is 413 g/mol. The molecule has 0 fully saturated rings. The van der Waals surface area contributed by atoms with Crippen LogP contribution in [0.25, 0.3) is 0 Å². The molecule has 0 radical (unpaired) electrons. The maximum Gasteiger partial charge on any atom is 0.422 e. The third-order valence-corrected chi connectivity index (χ3v) is 3.52. The summed E-state index contributed by atoms with van der Waals surface area (Å²) in [5, 5.41) is 16.5. The van der Waals surface area contributed by atoms with E-state index in [1.807, 2.05) is 0 Å². The fourth-order valence-electron chi connectivity index (χ4n) is 2.09. The van der Waals surface area contributed by atoms with Gasteiger partial charge in [0.1, 0.15) is 5.75 Å². The minimum Gasteiger partial charge on any atom is -0.484 e. The quantitative estimate of drug-likeness (QED) is 0.311. The summed E-state index contributed by atoms with van der Waals surface area (Å²) in [4.78, 5) is 21.5. The lowest BCUT2D eigenvalue weighted by molar-refractivity contribution is -0.384. The van der Waals surface area contributed by atoms with Crippen molar-refractivity contribution in [1.82, 2.24) is 0 Å². The number of carbonyl (C=O) groups is 1. The fraction of sp³-hybridized carbons (Fsp3) is 0.176. The number of ether oxygens (including phenoxy) is 1. The van der Waals surface area contributed by atoms with Gasteiger partial charge in [-0.15, -0.1) is 0 Å². The summed E-state index contributed by atoms with van der Waals surface area (Å²) in [7, 11) is 0. The Morgan fingerprint density at radius 1 is 1.14 bits per heavy atom. The Morgan fingerprint density at radius 3 is 2.29 bits per heavy atom. The SMILES string of the molecule is CC(=O)c1ccc(NC(=S)Nc2cc(OCC(F)(F)F)cc([N+](=O)[O-])c2)cc1. The van der Waals surface area contributed by atoms with Crippen LogP contribution < -0.4 is 15.4 Å². The zero-order chi connectivity index (χ0) is 20.9. The van der Waals surface area contributed by atoms with Gasteiger partial charge in [-0.25, -0.2) is 0 Å². The fourth-order valence-corrected chi connectivity index (χ4v) is 2.33. The lowest BCUT2D eigenvalue weighted by Gasteiger charge is -2.13. The molecular formula is C17H14F3N3O4S. The first-order valence-corrected chi connectivity index (χ1v) is 8.12. The van der Waals surface area contributed by atoms with Crippen molar-refractivity contribution >= 4 is 40.2 Å². The summed E-state index contributed by atoms with van der Waals surface area (Å²) in [6, 6.07) is 9.53. The van der Waals surface area contributed by atoms with E-state index in [1.54, 1.807) is 24.3 Å². The van der Waals surface area contributed by atoms with Crippen LogP contribution in [-0.2, 0) is 0 Å². The highest BCUT2D eigenvalue weighted by molar-refractivity contribution is 7.80. The molecule has 0 aliphatic heterocycles. The highest BCUT2D eigenvalue weighted by Crippen LogP contribution is 2.28. The number of anilines is 2. The number of non-ortho nitro benzene ring substituents is 1. The molecule has 0 aliphatic carbocycles. The first-order chi connectivity index (χ1) is 13.0.